The third-order valence-corrected chi connectivity index (χ3v) is 2.39. The third-order valence-electron chi connectivity index (χ3n) is 2.39. The van der Waals surface area contributed by atoms with Crippen LogP contribution in [0.4, 0.5) is 0 Å². The molecular formula is C12H26N2O2. The van der Waals surface area contributed by atoms with E-state index in [1.54, 1.807) is 18.7 Å². The van der Waals surface area contributed by atoms with Gasteiger partial charge >= 0.3 is 0 Å². The van der Waals surface area contributed by atoms with E-state index in [0.717, 1.165) is 6.54 Å². The van der Waals surface area contributed by atoms with Crippen molar-refractivity contribution < 1.29 is 9.90 Å². The van der Waals surface area contributed by atoms with Gasteiger partial charge in [-0.25, -0.2) is 0 Å². The number of nitrogens with zero attached hydrogens (tertiary/aromatic N) is 1. The standard InChI is InChI=1S/C12H26N2O2/c1-6-13-8-10(3)11(15)14(7-2)9-12(4,5)16/h10,13,16H,6-9H2,1-5H3. The van der Waals surface area contributed by atoms with Crippen molar-refractivity contribution in [2.24, 2.45) is 5.92 Å². The average molecular weight is 230 g/mol. The number of amides is 1. The quantitative estimate of drug-likeness (QED) is 0.682. The van der Waals surface area contributed by atoms with E-state index in [4.69, 9.17) is 0 Å². The number of likely N-dealkylation sites (N-methyl/N-ethyl adjacent to an activating group) is 1. The summed E-state index contributed by atoms with van der Waals surface area (Å²) in [5.41, 5.74) is -0.830. The van der Waals surface area contributed by atoms with Crippen LogP contribution in [0, 0.1) is 5.92 Å². The molecule has 0 heterocycles. The lowest BCUT2D eigenvalue weighted by Crippen LogP contribution is -2.45. The van der Waals surface area contributed by atoms with E-state index < -0.39 is 5.60 Å². The number of rotatable bonds is 7. The summed E-state index contributed by atoms with van der Waals surface area (Å²) in [5.74, 6) is 0.0628. The fraction of sp³-hybridized carbons (Fsp3) is 0.917. The summed E-state index contributed by atoms with van der Waals surface area (Å²) in [6.07, 6.45) is 0. The smallest absolute Gasteiger partial charge is 0.226 e. The second-order valence-corrected chi connectivity index (χ2v) is 4.87. The molecule has 1 atom stereocenters. The van der Waals surface area contributed by atoms with Crippen LogP contribution >= 0.6 is 0 Å². The molecular weight excluding hydrogens is 204 g/mol. The second kappa shape index (κ2) is 6.86. The van der Waals surface area contributed by atoms with E-state index in [0.29, 0.717) is 19.6 Å². The molecule has 0 aromatic rings. The molecule has 0 aliphatic rings. The monoisotopic (exact) mass is 230 g/mol. The van der Waals surface area contributed by atoms with Gasteiger partial charge in [0.2, 0.25) is 5.91 Å². The molecule has 4 nitrogen and oxygen atoms in total. The van der Waals surface area contributed by atoms with Gasteiger partial charge in [-0.3, -0.25) is 4.79 Å². The molecule has 1 unspecified atom stereocenters. The molecule has 0 rings (SSSR count). The number of hydrogen-bond acceptors (Lipinski definition) is 3. The van der Waals surface area contributed by atoms with E-state index in [-0.39, 0.29) is 11.8 Å². The predicted octanol–water partition coefficient (Wildman–Crippen LogP) is 0.851. The van der Waals surface area contributed by atoms with Gasteiger partial charge in [0.1, 0.15) is 0 Å². The number of carbonyl (C=O) groups is 1. The van der Waals surface area contributed by atoms with Crippen molar-refractivity contribution in [2.75, 3.05) is 26.2 Å². The topological polar surface area (TPSA) is 52.6 Å². The van der Waals surface area contributed by atoms with Crippen LogP contribution < -0.4 is 5.32 Å². The summed E-state index contributed by atoms with van der Waals surface area (Å²) in [6, 6.07) is 0. The first-order chi connectivity index (χ1) is 7.31. The van der Waals surface area contributed by atoms with Crippen LogP contribution in [0.2, 0.25) is 0 Å². The van der Waals surface area contributed by atoms with Gasteiger partial charge in [-0.1, -0.05) is 13.8 Å². The van der Waals surface area contributed by atoms with Crippen molar-refractivity contribution in [3.63, 3.8) is 0 Å². The molecule has 0 aromatic heterocycles. The molecule has 96 valence electrons. The van der Waals surface area contributed by atoms with Crippen LogP contribution in [0.3, 0.4) is 0 Å². The fourth-order valence-electron chi connectivity index (χ4n) is 1.57. The summed E-state index contributed by atoms with van der Waals surface area (Å²) >= 11 is 0. The molecule has 0 spiro atoms. The minimum Gasteiger partial charge on any atom is -0.389 e. The Morgan fingerprint density at radius 1 is 1.44 bits per heavy atom. The van der Waals surface area contributed by atoms with Crippen molar-refractivity contribution in [3.8, 4) is 0 Å². The van der Waals surface area contributed by atoms with E-state index in [2.05, 4.69) is 5.32 Å². The third kappa shape index (κ3) is 6.08. The Balaban J connectivity index is 4.30. The zero-order chi connectivity index (χ0) is 12.8. The molecule has 0 fully saturated rings. The Morgan fingerprint density at radius 3 is 2.38 bits per heavy atom. The maximum atomic E-state index is 12.0. The largest absolute Gasteiger partial charge is 0.389 e. The van der Waals surface area contributed by atoms with Gasteiger partial charge in [-0.2, -0.15) is 0 Å². The van der Waals surface area contributed by atoms with Gasteiger partial charge in [0.15, 0.2) is 0 Å². The molecule has 0 radical (unpaired) electrons. The molecule has 0 bridgehead atoms. The molecule has 0 aliphatic carbocycles. The minimum absolute atomic E-state index is 0.0396. The molecule has 0 saturated heterocycles. The van der Waals surface area contributed by atoms with Crippen LogP contribution in [-0.4, -0.2) is 47.7 Å². The zero-order valence-corrected chi connectivity index (χ0v) is 11.2. The molecule has 0 aromatic carbocycles. The molecule has 16 heavy (non-hydrogen) atoms. The maximum Gasteiger partial charge on any atom is 0.226 e. The van der Waals surface area contributed by atoms with Gasteiger partial charge in [0.05, 0.1) is 5.60 Å². The highest BCUT2D eigenvalue weighted by Crippen LogP contribution is 2.08. The lowest BCUT2D eigenvalue weighted by atomic mass is 10.1. The van der Waals surface area contributed by atoms with Crippen LogP contribution in [0.15, 0.2) is 0 Å². The molecule has 2 N–H and O–H groups in total. The average Bonchev–Trinajstić information content (AvgIpc) is 2.20. The van der Waals surface area contributed by atoms with Crippen molar-refractivity contribution >= 4 is 5.91 Å². The van der Waals surface area contributed by atoms with Crippen molar-refractivity contribution in [1.29, 1.82) is 0 Å². The lowest BCUT2D eigenvalue weighted by Gasteiger charge is -2.30. The molecule has 4 heteroatoms. The van der Waals surface area contributed by atoms with Gasteiger partial charge < -0.3 is 15.3 Å². The highest BCUT2D eigenvalue weighted by atomic mass is 16.3. The van der Waals surface area contributed by atoms with Crippen molar-refractivity contribution in [2.45, 2.75) is 40.2 Å². The van der Waals surface area contributed by atoms with Crippen LogP contribution in [0.25, 0.3) is 0 Å². The van der Waals surface area contributed by atoms with E-state index >= 15 is 0 Å². The number of hydrogen-bond donors (Lipinski definition) is 2. The van der Waals surface area contributed by atoms with Crippen molar-refractivity contribution in [3.05, 3.63) is 0 Å². The Bertz CT molecular complexity index is 212. The van der Waals surface area contributed by atoms with Gasteiger partial charge in [0, 0.05) is 25.6 Å². The highest BCUT2D eigenvalue weighted by Gasteiger charge is 2.24. The van der Waals surface area contributed by atoms with E-state index in [1.165, 1.54) is 0 Å². The Kier molecular flexibility index (Phi) is 6.60. The summed E-state index contributed by atoms with van der Waals surface area (Å²) < 4.78 is 0. The van der Waals surface area contributed by atoms with E-state index in [9.17, 15) is 9.90 Å². The number of nitrogens with one attached hydrogen (secondary N) is 1. The maximum absolute atomic E-state index is 12.0. The Morgan fingerprint density at radius 2 is 2.00 bits per heavy atom. The first kappa shape index (κ1) is 15.4. The molecule has 0 aliphatic heterocycles. The summed E-state index contributed by atoms with van der Waals surface area (Å²) in [5, 5.41) is 12.9. The highest BCUT2D eigenvalue weighted by molar-refractivity contribution is 5.78. The van der Waals surface area contributed by atoms with E-state index in [1.807, 2.05) is 20.8 Å². The zero-order valence-electron chi connectivity index (χ0n) is 11.2. The summed E-state index contributed by atoms with van der Waals surface area (Å²) in [6.45, 7) is 11.9. The van der Waals surface area contributed by atoms with Gasteiger partial charge in [-0.05, 0) is 27.3 Å². The predicted molar refractivity (Wildman–Crippen MR) is 66.3 cm³/mol. The van der Waals surface area contributed by atoms with Crippen LogP contribution in [-0.2, 0) is 4.79 Å². The number of aliphatic hydroxyl groups is 1. The van der Waals surface area contributed by atoms with Crippen LogP contribution in [0.1, 0.15) is 34.6 Å². The lowest BCUT2D eigenvalue weighted by molar-refractivity contribution is -0.137. The summed E-state index contributed by atoms with van der Waals surface area (Å²) in [7, 11) is 0. The van der Waals surface area contributed by atoms with Gasteiger partial charge in [-0.15, -0.1) is 0 Å². The normalized spacial score (nSPS) is 13.6. The first-order valence-electron chi connectivity index (χ1n) is 6.03. The Labute approximate surface area is 99.0 Å². The molecule has 0 saturated carbocycles. The van der Waals surface area contributed by atoms with Crippen molar-refractivity contribution in [1.82, 2.24) is 10.2 Å². The fourth-order valence-corrected chi connectivity index (χ4v) is 1.57. The number of carbonyl (C=O) groups excluding carboxylic acids is 1. The van der Waals surface area contributed by atoms with Gasteiger partial charge in [0.25, 0.3) is 0 Å². The first-order valence-corrected chi connectivity index (χ1v) is 6.03. The van der Waals surface area contributed by atoms with Crippen LogP contribution in [0.5, 0.6) is 0 Å². The Hall–Kier alpha value is -0.610. The minimum atomic E-state index is -0.830. The SMILES string of the molecule is CCNCC(C)C(=O)N(CC)CC(C)(C)O. The second-order valence-electron chi connectivity index (χ2n) is 4.87. The molecule has 1 amide bonds. The summed E-state index contributed by atoms with van der Waals surface area (Å²) in [4.78, 5) is 13.7.